The number of hydrogen-bond acceptors (Lipinski definition) is 4. The van der Waals surface area contributed by atoms with Crippen molar-refractivity contribution in [1.29, 1.82) is 0 Å². The van der Waals surface area contributed by atoms with Crippen molar-refractivity contribution in [2.75, 3.05) is 32.8 Å². The third-order valence-electron chi connectivity index (χ3n) is 4.62. The molecule has 0 radical (unpaired) electrons. The molecule has 1 aliphatic rings. The quantitative estimate of drug-likeness (QED) is 0.708. The van der Waals surface area contributed by atoms with Crippen LogP contribution in [0.5, 0.6) is 5.75 Å². The van der Waals surface area contributed by atoms with E-state index in [4.69, 9.17) is 39.5 Å². The van der Waals surface area contributed by atoms with Gasteiger partial charge in [0, 0.05) is 42.8 Å². The van der Waals surface area contributed by atoms with Gasteiger partial charge in [-0.1, -0.05) is 46.9 Å². The van der Waals surface area contributed by atoms with Crippen molar-refractivity contribution in [3.05, 3.63) is 62.6 Å². The summed E-state index contributed by atoms with van der Waals surface area (Å²) in [6.07, 6.45) is 0. The molecule has 29 heavy (non-hydrogen) atoms. The molecule has 154 valence electrons. The van der Waals surface area contributed by atoms with Crippen LogP contribution in [0.3, 0.4) is 0 Å². The Labute approximate surface area is 183 Å². The molecule has 0 aliphatic carbocycles. The van der Waals surface area contributed by atoms with Crippen molar-refractivity contribution in [2.24, 2.45) is 0 Å². The topological polar surface area (TPSA) is 70.1 Å². The van der Waals surface area contributed by atoms with Gasteiger partial charge in [0.1, 0.15) is 5.56 Å². The van der Waals surface area contributed by atoms with Crippen LogP contribution in [0.2, 0.25) is 15.1 Å². The third-order valence-corrected chi connectivity index (χ3v) is 5.37. The molecule has 2 aromatic carbocycles. The van der Waals surface area contributed by atoms with E-state index in [2.05, 4.69) is 4.90 Å². The highest BCUT2D eigenvalue weighted by Crippen LogP contribution is 2.32. The van der Waals surface area contributed by atoms with E-state index in [0.29, 0.717) is 18.1 Å². The van der Waals surface area contributed by atoms with E-state index >= 15 is 0 Å². The number of carboxylic acids is 1. The molecule has 1 aliphatic heterocycles. The van der Waals surface area contributed by atoms with E-state index in [-0.39, 0.29) is 33.9 Å². The molecule has 0 saturated carbocycles. The molecule has 3 rings (SSSR count). The first-order chi connectivity index (χ1) is 13.8. The number of carboxylic acid groups (broad SMARTS) is 1. The first kappa shape index (κ1) is 21.7. The summed E-state index contributed by atoms with van der Waals surface area (Å²) >= 11 is 17.8. The Kier molecular flexibility index (Phi) is 7.24. The summed E-state index contributed by atoms with van der Waals surface area (Å²) < 4.78 is 5.44. The summed E-state index contributed by atoms with van der Waals surface area (Å²) in [6.45, 7) is 3.09. The molecule has 1 amide bonds. The number of rotatable bonds is 6. The molecule has 1 N–H and O–H groups in total. The van der Waals surface area contributed by atoms with Crippen LogP contribution >= 0.6 is 34.8 Å². The van der Waals surface area contributed by atoms with Crippen LogP contribution in [0.25, 0.3) is 0 Å². The van der Waals surface area contributed by atoms with Gasteiger partial charge >= 0.3 is 5.97 Å². The number of carbonyl (C=O) groups excluding carboxylic acids is 1. The van der Waals surface area contributed by atoms with Gasteiger partial charge in [0.15, 0.2) is 12.4 Å². The van der Waals surface area contributed by atoms with Crippen molar-refractivity contribution < 1.29 is 19.4 Å². The van der Waals surface area contributed by atoms with Crippen LogP contribution in [0.1, 0.15) is 15.9 Å². The Bertz CT molecular complexity index is 897. The average Bonchev–Trinajstić information content (AvgIpc) is 2.69. The Morgan fingerprint density at radius 2 is 1.62 bits per heavy atom. The number of nitrogens with zero attached hydrogens (tertiary/aromatic N) is 2. The Morgan fingerprint density at radius 3 is 2.24 bits per heavy atom. The molecule has 0 atom stereocenters. The lowest BCUT2D eigenvalue weighted by Gasteiger charge is -2.34. The van der Waals surface area contributed by atoms with Crippen molar-refractivity contribution in [3.8, 4) is 5.75 Å². The predicted molar refractivity (Wildman–Crippen MR) is 112 cm³/mol. The van der Waals surface area contributed by atoms with Crippen molar-refractivity contribution in [1.82, 2.24) is 9.80 Å². The number of hydrogen-bond donors (Lipinski definition) is 1. The zero-order valence-corrected chi connectivity index (χ0v) is 17.7. The maximum atomic E-state index is 12.5. The van der Waals surface area contributed by atoms with E-state index in [9.17, 15) is 14.7 Å². The monoisotopic (exact) mass is 456 g/mol. The Morgan fingerprint density at radius 1 is 0.966 bits per heavy atom. The minimum absolute atomic E-state index is 0.0514. The van der Waals surface area contributed by atoms with Gasteiger partial charge in [0.25, 0.3) is 5.91 Å². The predicted octanol–water partition coefficient (Wildman–Crippen LogP) is 4.07. The number of carbonyl (C=O) groups is 2. The molecule has 1 saturated heterocycles. The van der Waals surface area contributed by atoms with Crippen molar-refractivity contribution in [3.63, 3.8) is 0 Å². The average molecular weight is 458 g/mol. The molecular formula is C20H19Cl3N2O4. The summed E-state index contributed by atoms with van der Waals surface area (Å²) in [5.41, 5.74) is 0.985. The van der Waals surface area contributed by atoms with E-state index in [1.54, 1.807) is 4.90 Å². The van der Waals surface area contributed by atoms with Crippen LogP contribution in [-0.4, -0.2) is 59.6 Å². The molecule has 9 heteroatoms. The van der Waals surface area contributed by atoms with Crippen LogP contribution < -0.4 is 4.74 Å². The summed E-state index contributed by atoms with van der Waals surface area (Å²) in [6, 6.07) is 10.3. The minimum atomic E-state index is -1.23. The van der Waals surface area contributed by atoms with Gasteiger partial charge in [-0.2, -0.15) is 0 Å². The standard InChI is InChI=1S/C20H19Cl3N2O4/c21-14-3-1-13(2-4-14)11-24-5-7-25(8-6-24)18(26)12-29-19-16(20(27)28)9-15(22)10-17(19)23/h1-4,9-10H,5-8,11-12H2,(H,27,28). The summed E-state index contributed by atoms with van der Waals surface area (Å²) in [7, 11) is 0. The summed E-state index contributed by atoms with van der Waals surface area (Å²) in [5.74, 6) is -1.51. The van der Waals surface area contributed by atoms with Gasteiger partial charge in [-0.25, -0.2) is 4.79 Å². The molecule has 6 nitrogen and oxygen atoms in total. The second kappa shape index (κ2) is 9.67. The van der Waals surface area contributed by atoms with Gasteiger partial charge in [-0.3, -0.25) is 9.69 Å². The van der Waals surface area contributed by atoms with Crippen LogP contribution in [0.4, 0.5) is 0 Å². The zero-order valence-electron chi connectivity index (χ0n) is 15.4. The fourth-order valence-electron chi connectivity index (χ4n) is 3.09. The van der Waals surface area contributed by atoms with Crippen molar-refractivity contribution in [2.45, 2.75) is 6.54 Å². The lowest BCUT2D eigenvalue weighted by Crippen LogP contribution is -2.49. The van der Waals surface area contributed by atoms with Crippen LogP contribution in [0, 0.1) is 0 Å². The van der Waals surface area contributed by atoms with Crippen molar-refractivity contribution >= 4 is 46.7 Å². The largest absolute Gasteiger partial charge is 0.481 e. The highest BCUT2D eigenvalue weighted by Gasteiger charge is 2.23. The second-order valence-electron chi connectivity index (χ2n) is 6.64. The van der Waals surface area contributed by atoms with E-state index < -0.39 is 5.97 Å². The zero-order chi connectivity index (χ0) is 21.0. The smallest absolute Gasteiger partial charge is 0.339 e. The Balaban J connectivity index is 1.53. The first-order valence-electron chi connectivity index (χ1n) is 8.93. The van der Waals surface area contributed by atoms with Crippen LogP contribution in [-0.2, 0) is 11.3 Å². The van der Waals surface area contributed by atoms with Gasteiger partial charge in [0.05, 0.1) is 5.02 Å². The number of benzene rings is 2. The van der Waals surface area contributed by atoms with Gasteiger partial charge in [-0.05, 0) is 29.8 Å². The highest BCUT2D eigenvalue weighted by atomic mass is 35.5. The fraction of sp³-hybridized carbons (Fsp3) is 0.300. The Hall–Kier alpha value is -1.99. The first-order valence-corrected chi connectivity index (χ1v) is 10.1. The molecule has 0 unspecified atom stereocenters. The number of ether oxygens (including phenoxy) is 1. The molecule has 0 bridgehead atoms. The maximum Gasteiger partial charge on any atom is 0.339 e. The molecule has 0 aromatic heterocycles. The maximum absolute atomic E-state index is 12.5. The van der Waals surface area contributed by atoms with Crippen LogP contribution in [0.15, 0.2) is 36.4 Å². The molecule has 1 heterocycles. The molecule has 1 fully saturated rings. The highest BCUT2D eigenvalue weighted by molar-refractivity contribution is 6.36. The van der Waals surface area contributed by atoms with Gasteiger partial charge in [0.2, 0.25) is 0 Å². The van der Waals surface area contributed by atoms with E-state index in [1.165, 1.54) is 12.1 Å². The number of amides is 1. The molecule has 0 spiro atoms. The lowest BCUT2D eigenvalue weighted by molar-refractivity contribution is -0.135. The normalized spacial score (nSPS) is 14.7. The lowest BCUT2D eigenvalue weighted by atomic mass is 10.2. The number of aromatic carboxylic acids is 1. The van der Waals surface area contributed by atoms with Gasteiger partial charge < -0.3 is 14.7 Å². The summed E-state index contributed by atoms with van der Waals surface area (Å²) in [5, 5.41) is 10.2. The second-order valence-corrected chi connectivity index (χ2v) is 7.92. The molecule has 2 aromatic rings. The van der Waals surface area contributed by atoms with E-state index in [1.807, 2.05) is 24.3 Å². The number of piperazine rings is 1. The fourth-order valence-corrected chi connectivity index (χ4v) is 3.77. The minimum Gasteiger partial charge on any atom is -0.481 e. The SMILES string of the molecule is O=C(O)c1cc(Cl)cc(Cl)c1OCC(=O)N1CCN(Cc2ccc(Cl)cc2)CC1. The summed E-state index contributed by atoms with van der Waals surface area (Å²) in [4.78, 5) is 27.8. The number of halogens is 3. The van der Waals surface area contributed by atoms with E-state index in [0.717, 1.165) is 25.2 Å². The third kappa shape index (κ3) is 5.76. The molecular weight excluding hydrogens is 439 g/mol. The van der Waals surface area contributed by atoms with Gasteiger partial charge in [-0.15, -0.1) is 0 Å².